The minimum Gasteiger partial charge on any atom is -0.358 e. The van der Waals surface area contributed by atoms with E-state index in [1.807, 2.05) is 25.1 Å². The molecule has 0 bridgehead atoms. The molecule has 1 fully saturated rings. The first kappa shape index (κ1) is 12.5. The first-order valence-corrected chi connectivity index (χ1v) is 6.46. The van der Waals surface area contributed by atoms with Crippen LogP contribution in [0.25, 0.3) is 0 Å². The van der Waals surface area contributed by atoms with Gasteiger partial charge in [-0.05, 0) is 50.6 Å². The summed E-state index contributed by atoms with van der Waals surface area (Å²) in [6, 6.07) is 6.01. The standard InChI is InChI=1S/C14H19ClN2/c1-11-5-6-13(9-14(11)15)16-12(2)10-17-7-3-4-8-17/h5-6,9,16H,2-4,7-8,10H2,1H3. The van der Waals surface area contributed by atoms with Crippen LogP contribution in [-0.4, -0.2) is 24.5 Å². The molecule has 1 N–H and O–H groups in total. The number of benzene rings is 1. The van der Waals surface area contributed by atoms with Gasteiger partial charge in [-0.25, -0.2) is 0 Å². The first-order valence-electron chi connectivity index (χ1n) is 6.08. The van der Waals surface area contributed by atoms with Crippen molar-refractivity contribution in [2.24, 2.45) is 0 Å². The summed E-state index contributed by atoms with van der Waals surface area (Å²) in [5.41, 5.74) is 3.15. The van der Waals surface area contributed by atoms with Gasteiger partial charge in [-0.1, -0.05) is 24.2 Å². The van der Waals surface area contributed by atoms with E-state index in [9.17, 15) is 0 Å². The molecule has 1 heterocycles. The third-order valence-corrected chi connectivity index (χ3v) is 3.51. The Bertz CT molecular complexity index is 409. The molecular weight excluding hydrogens is 232 g/mol. The molecule has 3 heteroatoms. The van der Waals surface area contributed by atoms with Gasteiger partial charge in [-0.3, -0.25) is 4.90 Å². The maximum absolute atomic E-state index is 6.09. The minimum absolute atomic E-state index is 0.795. The van der Waals surface area contributed by atoms with E-state index < -0.39 is 0 Å². The second-order valence-electron chi connectivity index (χ2n) is 4.68. The van der Waals surface area contributed by atoms with Crippen molar-refractivity contribution < 1.29 is 0 Å². The Morgan fingerprint density at radius 3 is 2.76 bits per heavy atom. The van der Waals surface area contributed by atoms with Crippen molar-refractivity contribution in [1.29, 1.82) is 0 Å². The van der Waals surface area contributed by atoms with Gasteiger partial charge in [0.1, 0.15) is 0 Å². The van der Waals surface area contributed by atoms with Crippen molar-refractivity contribution >= 4 is 17.3 Å². The first-order chi connectivity index (χ1) is 8.15. The number of rotatable bonds is 4. The maximum atomic E-state index is 6.09. The lowest BCUT2D eigenvalue weighted by Gasteiger charge is -2.18. The fourth-order valence-corrected chi connectivity index (χ4v) is 2.31. The molecular formula is C14H19ClN2. The van der Waals surface area contributed by atoms with E-state index in [-0.39, 0.29) is 0 Å². The molecule has 0 unspecified atom stereocenters. The van der Waals surface area contributed by atoms with E-state index in [1.165, 1.54) is 25.9 Å². The molecule has 92 valence electrons. The summed E-state index contributed by atoms with van der Waals surface area (Å²) in [4.78, 5) is 2.42. The van der Waals surface area contributed by atoms with Gasteiger partial charge in [0.15, 0.2) is 0 Å². The van der Waals surface area contributed by atoms with Crippen LogP contribution in [0, 0.1) is 6.92 Å². The van der Waals surface area contributed by atoms with Crippen LogP contribution in [0.1, 0.15) is 18.4 Å². The summed E-state index contributed by atoms with van der Waals surface area (Å²) in [5, 5.41) is 4.11. The summed E-state index contributed by atoms with van der Waals surface area (Å²) in [7, 11) is 0. The highest BCUT2D eigenvalue weighted by molar-refractivity contribution is 6.31. The topological polar surface area (TPSA) is 15.3 Å². The molecule has 0 spiro atoms. The molecule has 0 aliphatic carbocycles. The number of hydrogen-bond donors (Lipinski definition) is 1. The molecule has 0 saturated carbocycles. The summed E-state index contributed by atoms with van der Waals surface area (Å²) in [6.45, 7) is 9.38. The zero-order valence-electron chi connectivity index (χ0n) is 10.3. The lowest BCUT2D eigenvalue weighted by Crippen LogP contribution is -2.24. The highest BCUT2D eigenvalue weighted by Crippen LogP contribution is 2.21. The van der Waals surface area contributed by atoms with Crippen LogP contribution in [-0.2, 0) is 0 Å². The van der Waals surface area contributed by atoms with Gasteiger partial charge < -0.3 is 5.32 Å². The van der Waals surface area contributed by atoms with Gasteiger partial charge in [-0.2, -0.15) is 0 Å². The normalized spacial score (nSPS) is 16.1. The summed E-state index contributed by atoms with van der Waals surface area (Å²) >= 11 is 6.09. The second-order valence-corrected chi connectivity index (χ2v) is 5.08. The molecule has 1 aliphatic rings. The van der Waals surface area contributed by atoms with Crippen molar-refractivity contribution in [3.63, 3.8) is 0 Å². The van der Waals surface area contributed by atoms with Crippen LogP contribution in [0.2, 0.25) is 5.02 Å². The molecule has 0 aromatic heterocycles. The van der Waals surface area contributed by atoms with Crippen LogP contribution in [0.4, 0.5) is 5.69 Å². The fraction of sp³-hybridized carbons (Fsp3) is 0.429. The van der Waals surface area contributed by atoms with Crippen LogP contribution in [0.3, 0.4) is 0 Å². The van der Waals surface area contributed by atoms with Crippen LogP contribution >= 0.6 is 11.6 Å². The third-order valence-electron chi connectivity index (χ3n) is 3.11. The van der Waals surface area contributed by atoms with Crippen molar-refractivity contribution in [3.05, 3.63) is 41.1 Å². The van der Waals surface area contributed by atoms with Crippen LogP contribution in [0.15, 0.2) is 30.5 Å². The highest BCUT2D eigenvalue weighted by atomic mass is 35.5. The Balaban J connectivity index is 1.90. The van der Waals surface area contributed by atoms with E-state index in [4.69, 9.17) is 11.6 Å². The molecule has 0 radical (unpaired) electrons. The second kappa shape index (κ2) is 5.56. The Labute approximate surface area is 108 Å². The van der Waals surface area contributed by atoms with Crippen LogP contribution in [0.5, 0.6) is 0 Å². The predicted molar refractivity (Wildman–Crippen MR) is 74.6 cm³/mol. The molecule has 2 rings (SSSR count). The number of aryl methyl sites for hydroxylation is 1. The molecule has 0 amide bonds. The molecule has 1 aliphatic heterocycles. The highest BCUT2D eigenvalue weighted by Gasteiger charge is 2.12. The zero-order valence-corrected chi connectivity index (χ0v) is 11.1. The molecule has 17 heavy (non-hydrogen) atoms. The molecule has 1 saturated heterocycles. The number of nitrogens with one attached hydrogen (secondary N) is 1. The van der Waals surface area contributed by atoms with E-state index in [0.717, 1.165) is 28.5 Å². The molecule has 1 aromatic carbocycles. The number of anilines is 1. The fourth-order valence-electron chi connectivity index (χ4n) is 2.12. The largest absolute Gasteiger partial charge is 0.358 e. The van der Waals surface area contributed by atoms with Gasteiger partial charge in [-0.15, -0.1) is 0 Å². The number of nitrogens with zero attached hydrogens (tertiary/aromatic N) is 1. The summed E-state index contributed by atoms with van der Waals surface area (Å²) in [6.07, 6.45) is 2.62. The minimum atomic E-state index is 0.795. The monoisotopic (exact) mass is 250 g/mol. The summed E-state index contributed by atoms with van der Waals surface area (Å²) in [5.74, 6) is 0. The van der Waals surface area contributed by atoms with Crippen molar-refractivity contribution in [1.82, 2.24) is 4.90 Å². The average Bonchev–Trinajstić information content (AvgIpc) is 2.76. The lowest BCUT2D eigenvalue weighted by molar-refractivity contribution is 0.370. The van der Waals surface area contributed by atoms with E-state index >= 15 is 0 Å². The molecule has 1 aromatic rings. The van der Waals surface area contributed by atoms with Crippen molar-refractivity contribution in [2.75, 3.05) is 25.0 Å². The smallest absolute Gasteiger partial charge is 0.0455 e. The maximum Gasteiger partial charge on any atom is 0.0455 e. The lowest BCUT2D eigenvalue weighted by atomic mass is 10.2. The van der Waals surface area contributed by atoms with Gasteiger partial charge in [0.25, 0.3) is 0 Å². The molecule has 2 nitrogen and oxygen atoms in total. The van der Waals surface area contributed by atoms with Gasteiger partial charge >= 0.3 is 0 Å². The SMILES string of the molecule is C=C(CN1CCCC1)Nc1ccc(C)c(Cl)c1. The number of hydrogen-bond acceptors (Lipinski definition) is 2. The summed E-state index contributed by atoms with van der Waals surface area (Å²) < 4.78 is 0. The number of likely N-dealkylation sites (tertiary alicyclic amines) is 1. The van der Waals surface area contributed by atoms with Crippen molar-refractivity contribution in [2.45, 2.75) is 19.8 Å². The Hall–Kier alpha value is -0.990. The zero-order chi connectivity index (χ0) is 12.3. The third kappa shape index (κ3) is 3.48. The van der Waals surface area contributed by atoms with Crippen LogP contribution < -0.4 is 5.32 Å². The van der Waals surface area contributed by atoms with E-state index in [2.05, 4.69) is 16.8 Å². The van der Waals surface area contributed by atoms with Gasteiger partial charge in [0, 0.05) is 23.0 Å². The molecule has 0 atom stereocenters. The Morgan fingerprint density at radius 2 is 2.12 bits per heavy atom. The quantitative estimate of drug-likeness (QED) is 0.877. The van der Waals surface area contributed by atoms with E-state index in [1.54, 1.807) is 0 Å². The Kier molecular flexibility index (Phi) is 4.08. The number of halogens is 1. The van der Waals surface area contributed by atoms with E-state index in [0.29, 0.717) is 0 Å². The predicted octanol–water partition coefficient (Wildman–Crippen LogP) is 3.67. The van der Waals surface area contributed by atoms with Gasteiger partial charge in [0.2, 0.25) is 0 Å². The Morgan fingerprint density at radius 1 is 1.41 bits per heavy atom. The van der Waals surface area contributed by atoms with Gasteiger partial charge in [0.05, 0.1) is 0 Å². The van der Waals surface area contributed by atoms with Crippen molar-refractivity contribution in [3.8, 4) is 0 Å². The average molecular weight is 251 g/mol.